The smallest absolute Gasteiger partial charge is 0.191 e. The van der Waals surface area contributed by atoms with Gasteiger partial charge in [0.05, 0.1) is 19.3 Å². The standard InChI is InChI=1S/C22H39N3O2.HI/c1-6-22(7-2,12-13-26)17-25-21(23-8-3)24-15-19-10-9-11-20(14-19)16-27-18(4)5;/h9-11,14,18,26H,6-8,12-13,15-17H2,1-5H3,(H2,23,24,25);1H. The lowest BCUT2D eigenvalue weighted by Gasteiger charge is -2.32. The first-order chi connectivity index (χ1) is 13.0. The molecule has 162 valence electrons. The number of hydrogen-bond acceptors (Lipinski definition) is 3. The highest BCUT2D eigenvalue weighted by atomic mass is 127. The molecule has 0 bridgehead atoms. The van der Waals surface area contributed by atoms with Crippen molar-refractivity contribution in [3.63, 3.8) is 0 Å². The maximum atomic E-state index is 9.40. The van der Waals surface area contributed by atoms with Gasteiger partial charge in [-0.15, -0.1) is 24.0 Å². The highest BCUT2D eigenvalue weighted by Crippen LogP contribution is 2.29. The SMILES string of the molecule is CCNC(=NCc1cccc(COC(C)C)c1)NCC(CC)(CC)CCO.I. The highest BCUT2D eigenvalue weighted by Gasteiger charge is 2.25. The second kappa shape index (κ2) is 15.0. The Hall–Kier alpha value is -0.860. The fraction of sp³-hybridized carbons (Fsp3) is 0.682. The maximum Gasteiger partial charge on any atom is 0.191 e. The van der Waals surface area contributed by atoms with Crippen molar-refractivity contribution < 1.29 is 9.84 Å². The van der Waals surface area contributed by atoms with E-state index in [1.165, 1.54) is 11.1 Å². The Kier molecular flexibility index (Phi) is 14.6. The number of halogens is 1. The van der Waals surface area contributed by atoms with Gasteiger partial charge in [-0.2, -0.15) is 0 Å². The van der Waals surface area contributed by atoms with Crippen LogP contribution in [0.4, 0.5) is 0 Å². The molecule has 1 aromatic carbocycles. The molecule has 1 aromatic rings. The summed E-state index contributed by atoms with van der Waals surface area (Å²) >= 11 is 0. The number of rotatable bonds is 12. The Morgan fingerprint density at radius 3 is 2.39 bits per heavy atom. The summed E-state index contributed by atoms with van der Waals surface area (Å²) in [4.78, 5) is 4.74. The normalized spacial score (nSPS) is 12.0. The van der Waals surface area contributed by atoms with Gasteiger partial charge in [-0.25, -0.2) is 4.99 Å². The fourth-order valence-electron chi connectivity index (χ4n) is 3.04. The van der Waals surface area contributed by atoms with Crippen molar-refractivity contribution in [1.29, 1.82) is 0 Å². The molecule has 0 aliphatic carbocycles. The predicted octanol–water partition coefficient (Wildman–Crippen LogP) is 4.47. The molecule has 28 heavy (non-hydrogen) atoms. The molecule has 0 spiro atoms. The number of ether oxygens (including phenoxy) is 1. The number of aliphatic hydroxyl groups excluding tert-OH is 1. The molecule has 0 aliphatic rings. The van der Waals surface area contributed by atoms with Crippen LogP contribution in [0.1, 0.15) is 65.0 Å². The molecule has 5 nitrogen and oxygen atoms in total. The van der Waals surface area contributed by atoms with E-state index in [0.717, 1.165) is 38.3 Å². The summed E-state index contributed by atoms with van der Waals surface area (Å²) in [5, 5.41) is 16.2. The molecular formula is C22H40IN3O2. The third kappa shape index (κ3) is 10.1. The maximum absolute atomic E-state index is 9.40. The van der Waals surface area contributed by atoms with Gasteiger partial charge in [-0.3, -0.25) is 0 Å². The Morgan fingerprint density at radius 1 is 1.14 bits per heavy atom. The number of aliphatic imine (C=N–C) groups is 1. The summed E-state index contributed by atoms with van der Waals surface area (Å²) in [7, 11) is 0. The molecule has 0 radical (unpaired) electrons. The van der Waals surface area contributed by atoms with E-state index in [1.807, 2.05) is 13.8 Å². The minimum atomic E-state index is 0. The highest BCUT2D eigenvalue weighted by molar-refractivity contribution is 14.0. The molecule has 0 fully saturated rings. The van der Waals surface area contributed by atoms with Gasteiger partial charge in [-0.1, -0.05) is 38.1 Å². The Morgan fingerprint density at radius 2 is 1.82 bits per heavy atom. The fourth-order valence-corrected chi connectivity index (χ4v) is 3.04. The molecule has 0 unspecified atom stereocenters. The zero-order valence-electron chi connectivity index (χ0n) is 18.3. The summed E-state index contributed by atoms with van der Waals surface area (Å²) in [5.74, 6) is 0.825. The number of hydrogen-bond donors (Lipinski definition) is 3. The minimum Gasteiger partial charge on any atom is -0.396 e. The van der Waals surface area contributed by atoms with Crippen LogP contribution in [0.15, 0.2) is 29.3 Å². The summed E-state index contributed by atoms with van der Waals surface area (Å²) < 4.78 is 5.69. The van der Waals surface area contributed by atoms with Crippen LogP contribution in [-0.2, 0) is 17.9 Å². The lowest BCUT2D eigenvalue weighted by Crippen LogP contribution is -2.43. The van der Waals surface area contributed by atoms with Gasteiger partial charge in [-0.05, 0) is 56.6 Å². The van der Waals surface area contributed by atoms with Gasteiger partial charge in [0.1, 0.15) is 0 Å². The number of nitrogens with zero attached hydrogens (tertiary/aromatic N) is 1. The zero-order chi connectivity index (χ0) is 20.1. The topological polar surface area (TPSA) is 65.9 Å². The van der Waals surface area contributed by atoms with E-state index >= 15 is 0 Å². The second-order valence-electron chi connectivity index (χ2n) is 7.41. The van der Waals surface area contributed by atoms with Crippen molar-refractivity contribution in [2.75, 3.05) is 19.7 Å². The summed E-state index contributed by atoms with van der Waals surface area (Å²) in [6, 6.07) is 8.40. The Labute approximate surface area is 188 Å². The molecule has 0 aromatic heterocycles. The van der Waals surface area contributed by atoms with Crippen molar-refractivity contribution in [1.82, 2.24) is 10.6 Å². The molecule has 1 rings (SSSR count). The van der Waals surface area contributed by atoms with Crippen LogP contribution in [-0.4, -0.2) is 36.9 Å². The largest absolute Gasteiger partial charge is 0.396 e. The number of guanidine groups is 1. The van der Waals surface area contributed by atoms with Crippen molar-refractivity contribution >= 4 is 29.9 Å². The van der Waals surface area contributed by atoms with Crippen LogP contribution in [0, 0.1) is 5.41 Å². The van der Waals surface area contributed by atoms with E-state index in [4.69, 9.17) is 9.73 Å². The monoisotopic (exact) mass is 505 g/mol. The predicted molar refractivity (Wildman–Crippen MR) is 129 cm³/mol. The molecule has 0 saturated carbocycles. The van der Waals surface area contributed by atoms with E-state index in [0.29, 0.717) is 13.2 Å². The molecule has 0 amide bonds. The van der Waals surface area contributed by atoms with Crippen LogP contribution >= 0.6 is 24.0 Å². The molecule has 0 atom stereocenters. The molecule has 0 saturated heterocycles. The van der Waals surface area contributed by atoms with Crippen LogP contribution in [0.25, 0.3) is 0 Å². The first kappa shape index (κ1) is 27.1. The number of benzene rings is 1. The second-order valence-corrected chi connectivity index (χ2v) is 7.41. The van der Waals surface area contributed by atoms with Gasteiger partial charge in [0.25, 0.3) is 0 Å². The lowest BCUT2D eigenvalue weighted by molar-refractivity contribution is 0.0657. The van der Waals surface area contributed by atoms with Crippen molar-refractivity contribution in [2.24, 2.45) is 10.4 Å². The van der Waals surface area contributed by atoms with Crippen molar-refractivity contribution in [3.05, 3.63) is 35.4 Å². The van der Waals surface area contributed by atoms with Gasteiger partial charge in [0.2, 0.25) is 0 Å². The molecule has 3 N–H and O–H groups in total. The van der Waals surface area contributed by atoms with Crippen LogP contribution in [0.2, 0.25) is 0 Å². The van der Waals surface area contributed by atoms with Gasteiger partial charge >= 0.3 is 0 Å². The number of aliphatic hydroxyl groups is 1. The molecule has 0 aliphatic heterocycles. The zero-order valence-corrected chi connectivity index (χ0v) is 20.6. The summed E-state index contributed by atoms with van der Waals surface area (Å²) in [6.45, 7) is 13.7. The molecule has 0 heterocycles. The van der Waals surface area contributed by atoms with Crippen molar-refractivity contribution in [2.45, 2.75) is 73.1 Å². The lowest BCUT2D eigenvalue weighted by atomic mass is 9.79. The van der Waals surface area contributed by atoms with Gasteiger partial charge in [0.15, 0.2) is 5.96 Å². The molecular weight excluding hydrogens is 465 g/mol. The Bertz CT molecular complexity index is 560. The van der Waals surface area contributed by atoms with Crippen LogP contribution < -0.4 is 10.6 Å². The molecule has 6 heteroatoms. The third-order valence-corrected chi connectivity index (χ3v) is 5.11. The van der Waals surface area contributed by atoms with E-state index in [9.17, 15) is 5.11 Å². The van der Waals surface area contributed by atoms with Crippen LogP contribution in [0.3, 0.4) is 0 Å². The summed E-state index contributed by atoms with van der Waals surface area (Å²) in [6.07, 6.45) is 3.11. The average molecular weight is 505 g/mol. The first-order valence-electron chi connectivity index (χ1n) is 10.3. The van der Waals surface area contributed by atoms with Gasteiger partial charge < -0.3 is 20.5 Å². The van der Waals surface area contributed by atoms with Crippen molar-refractivity contribution in [3.8, 4) is 0 Å². The Balaban J connectivity index is 0.00000729. The van der Waals surface area contributed by atoms with Gasteiger partial charge in [0, 0.05) is 19.7 Å². The quantitative estimate of drug-likeness (QED) is 0.223. The summed E-state index contributed by atoms with van der Waals surface area (Å²) in [5.41, 5.74) is 2.46. The van der Waals surface area contributed by atoms with E-state index in [2.05, 4.69) is 55.7 Å². The van der Waals surface area contributed by atoms with Crippen LogP contribution in [0.5, 0.6) is 0 Å². The first-order valence-corrected chi connectivity index (χ1v) is 10.3. The van der Waals surface area contributed by atoms with E-state index in [1.54, 1.807) is 0 Å². The minimum absolute atomic E-state index is 0. The average Bonchev–Trinajstić information content (AvgIpc) is 2.68. The van der Waals surface area contributed by atoms with E-state index < -0.39 is 0 Å². The van der Waals surface area contributed by atoms with E-state index in [-0.39, 0.29) is 42.1 Å². The third-order valence-electron chi connectivity index (χ3n) is 5.11. The number of nitrogens with one attached hydrogen (secondary N) is 2.